The van der Waals surface area contributed by atoms with Gasteiger partial charge >= 0.3 is 0 Å². The van der Waals surface area contributed by atoms with Gasteiger partial charge in [-0.25, -0.2) is 4.39 Å². The van der Waals surface area contributed by atoms with E-state index in [1.54, 1.807) is 17.0 Å². The molecule has 3 rings (SSSR count). The van der Waals surface area contributed by atoms with Crippen LogP contribution in [0.2, 0.25) is 0 Å². The lowest BCUT2D eigenvalue weighted by atomic mass is 9.98. The molecule has 0 spiro atoms. The van der Waals surface area contributed by atoms with Gasteiger partial charge in [0.1, 0.15) is 11.9 Å². The van der Waals surface area contributed by atoms with Crippen LogP contribution in [0.3, 0.4) is 0 Å². The fraction of sp³-hybridized carbons (Fsp3) is 0.333. The van der Waals surface area contributed by atoms with E-state index < -0.39 is 11.6 Å². The van der Waals surface area contributed by atoms with Gasteiger partial charge in [-0.05, 0) is 69.0 Å². The second-order valence-corrected chi connectivity index (χ2v) is 10.2. The number of carbonyl (C=O) groups is 2. The van der Waals surface area contributed by atoms with E-state index in [0.717, 1.165) is 27.8 Å². The molecule has 0 aliphatic carbocycles. The lowest BCUT2D eigenvalue weighted by molar-refractivity contribution is -0.141. The molecule has 0 aliphatic rings. The van der Waals surface area contributed by atoms with Crippen molar-refractivity contribution < 1.29 is 14.0 Å². The molecule has 3 aromatic carbocycles. The van der Waals surface area contributed by atoms with Gasteiger partial charge in [-0.15, -0.1) is 0 Å². The maximum absolute atomic E-state index is 13.8. The van der Waals surface area contributed by atoms with Crippen molar-refractivity contribution in [2.45, 2.75) is 65.6 Å². The first-order chi connectivity index (χ1) is 16.5. The maximum atomic E-state index is 13.8. The summed E-state index contributed by atoms with van der Waals surface area (Å²) >= 11 is 0. The summed E-state index contributed by atoms with van der Waals surface area (Å²) in [6, 6.07) is 21.1. The van der Waals surface area contributed by atoms with Gasteiger partial charge in [0.15, 0.2) is 0 Å². The van der Waals surface area contributed by atoms with Gasteiger partial charge in [0.2, 0.25) is 11.8 Å². The van der Waals surface area contributed by atoms with E-state index in [9.17, 15) is 14.0 Å². The first kappa shape index (κ1) is 26.1. The molecule has 0 fully saturated rings. The van der Waals surface area contributed by atoms with Gasteiger partial charge in [0.05, 0.1) is 6.42 Å². The third kappa shape index (κ3) is 7.78. The Balaban J connectivity index is 2.01. The van der Waals surface area contributed by atoms with Crippen molar-refractivity contribution in [3.63, 3.8) is 0 Å². The van der Waals surface area contributed by atoms with E-state index in [4.69, 9.17) is 0 Å². The minimum Gasteiger partial charge on any atom is -0.350 e. The van der Waals surface area contributed by atoms with Crippen LogP contribution in [-0.4, -0.2) is 28.3 Å². The molecule has 0 heterocycles. The van der Waals surface area contributed by atoms with Crippen LogP contribution < -0.4 is 5.32 Å². The van der Waals surface area contributed by atoms with Crippen LogP contribution in [0, 0.1) is 19.7 Å². The molecule has 2 amide bonds. The van der Waals surface area contributed by atoms with E-state index in [2.05, 4.69) is 5.32 Å². The SMILES string of the molecule is Cc1ccc(C)c(CC(=O)N(Cc2ccc(F)cc2)[C@@H](Cc2ccccc2)C(=O)NC(C)(C)C)c1. The zero-order valence-electron chi connectivity index (χ0n) is 21.3. The number of aryl methyl sites for hydroxylation is 2. The molecule has 184 valence electrons. The second kappa shape index (κ2) is 11.3. The van der Waals surface area contributed by atoms with Crippen LogP contribution in [-0.2, 0) is 29.0 Å². The third-order valence-electron chi connectivity index (χ3n) is 5.88. The molecule has 0 unspecified atom stereocenters. The molecule has 5 heteroatoms. The number of nitrogens with one attached hydrogen (secondary N) is 1. The van der Waals surface area contributed by atoms with Crippen LogP contribution in [0.4, 0.5) is 4.39 Å². The van der Waals surface area contributed by atoms with E-state index >= 15 is 0 Å². The molecule has 3 aromatic rings. The molecule has 0 aromatic heterocycles. The number of nitrogens with zero attached hydrogens (tertiary/aromatic N) is 1. The third-order valence-corrected chi connectivity index (χ3v) is 5.88. The Morgan fingerprint density at radius 2 is 1.57 bits per heavy atom. The standard InChI is InChI=1S/C30H35FN2O2/c1-21-11-12-22(2)25(17-21)19-28(34)33(20-24-13-15-26(31)16-14-24)27(29(35)32-30(3,4)5)18-23-9-7-6-8-10-23/h6-17,27H,18-20H2,1-5H3,(H,32,35)/t27-/m0/s1. The first-order valence-corrected chi connectivity index (χ1v) is 12.0. The highest BCUT2D eigenvalue weighted by molar-refractivity contribution is 5.89. The van der Waals surface area contributed by atoms with Crippen molar-refractivity contribution in [2.24, 2.45) is 0 Å². The number of amides is 2. The quantitative estimate of drug-likeness (QED) is 0.466. The number of halogens is 1. The topological polar surface area (TPSA) is 49.4 Å². The summed E-state index contributed by atoms with van der Waals surface area (Å²) in [5.41, 5.74) is 4.32. The predicted octanol–water partition coefficient (Wildman–Crippen LogP) is 5.54. The average Bonchev–Trinajstić information content (AvgIpc) is 2.79. The Hall–Kier alpha value is -3.47. The van der Waals surface area contributed by atoms with E-state index in [1.807, 2.05) is 83.1 Å². The number of hydrogen-bond donors (Lipinski definition) is 1. The molecule has 0 bridgehead atoms. The Labute approximate surface area is 208 Å². The average molecular weight is 475 g/mol. The van der Waals surface area contributed by atoms with E-state index in [0.29, 0.717) is 6.42 Å². The Bertz CT molecular complexity index is 1150. The number of carbonyl (C=O) groups excluding carboxylic acids is 2. The van der Waals surface area contributed by atoms with Gasteiger partial charge in [-0.2, -0.15) is 0 Å². The van der Waals surface area contributed by atoms with Crippen molar-refractivity contribution in [1.82, 2.24) is 10.2 Å². The van der Waals surface area contributed by atoms with Crippen LogP contribution in [0.15, 0.2) is 72.8 Å². The molecular weight excluding hydrogens is 439 g/mol. The summed E-state index contributed by atoms with van der Waals surface area (Å²) in [6.07, 6.45) is 0.561. The summed E-state index contributed by atoms with van der Waals surface area (Å²) in [7, 11) is 0. The van der Waals surface area contributed by atoms with Crippen molar-refractivity contribution in [3.05, 3.63) is 106 Å². The van der Waals surface area contributed by atoms with Crippen molar-refractivity contribution in [2.75, 3.05) is 0 Å². The normalized spacial score (nSPS) is 12.2. The first-order valence-electron chi connectivity index (χ1n) is 12.0. The zero-order valence-corrected chi connectivity index (χ0v) is 21.3. The number of hydrogen-bond acceptors (Lipinski definition) is 2. The molecule has 0 radical (unpaired) electrons. The van der Waals surface area contributed by atoms with Crippen LogP contribution >= 0.6 is 0 Å². The highest BCUT2D eigenvalue weighted by Gasteiger charge is 2.32. The fourth-order valence-corrected chi connectivity index (χ4v) is 4.05. The van der Waals surface area contributed by atoms with Crippen LogP contribution in [0.1, 0.15) is 48.6 Å². The Morgan fingerprint density at radius 3 is 2.20 bits per heavy atom. The summed E-state index contributed by atoms with van der Waals surface area (Å²) in [5.74, 6) is -0.695. The number of rotatable bonds is 8. The van der Waals surface area contributed by atoms with Gasteiger partial charge in [0, 0.05) is 18.5 Å². The fourth-order valence-electron chi connectivity index (χ4n) is 4.05. The minimum atomic E-state index is -0.723. The molecule has 1 atom stereocenters. The Morgan fingerprint density at radius 1 is 0.914 bits per heavy atom. The zero-order chi connectivity index (χ0) is 25.6. The Kier molecular flexibility index (Phi) is 8.44. The highest BCUT2D eigenvalue weighted by Crippen LogP contribution is 2.19. The molecule has 0 aliphatic heterocycles. The number of benzene rings is 3. The summed E-state index contributed by atoms with van der Waals surface area (Å²) in [6.45, 7) is 9.96. The summed E-state index contributed by atoms with van der Waals surface area (Å²) < 4.78 is 13.6. The van der Waals surface area contributed by atoms with Gasteiger partial charge in [-0.1, -0.05) is 66.2 Å². The van der Waals surface area contributed by atoms with Crippen LogP contribution in [0.25, 0.3) is 0 Å². The maximum Gasteiger partial charge on any atom is 0.243 e. The smallest absolute Gasteiger partial charge is 0.243 e. The van der Waals surface area contributed by atoms with E-state index in [1.165, 1.54) is 12.1 Å². The molecule has 4 nitrogen and oxygen atoms in total. The van der Waals surface area contributed by atoms with Gasteiger partial charge in [-0.3, -0.25) is 9.59 Å². The van der Waals surface area contributed by atoms with E-state index in [-0.39, 0.29) is 30.6 Å². The molecule has 0 saturated carbocycles. The largest absolute Gasteiger partial charge is 0.350 e. The van der Waals surface area contributed by atoms with Crippen molar-refractivity contribution in [1.29, 1.82) is 0 Å². The molecule has 1 N–H and O–H groups in total. The van der Waals surface area contributed by atoms with Crippen molar-refractivity contribution >= 4 is 11.8 Å². The lowest BCUT2D eigenvalue weighted by Gasteiger charge is -2.34. The molecule has 0 saturated heterocycles. The second-order valence-electron chi connectivity index (χ2n) is 10.2. The molecular formula is C30H35FN2O2. The van der Waals surface area contributed by atoms with Gasteiger partial charge in [0.25, 0.3) is 0 Å². The molecule has 35 heavy (non-hydrogen) atoms. The summed E-state index contributed by atoms with van der Waals surface area (Å²) in [5, 5.41) is 3.06. The predicted molar refractivity (Wildman–Crippen MR) is 138 cm³/mol. The highest BCUT2D eigenvalue weighted by atomic mass is 19.1. The van der Waals surface area contributed by atoms with Gasteiger partial charge < -0.3 is 10.2 Å². The van der Waals surface area contributed by atoms with Crippen LogP contribution in [0.5, 0.6) is 0 Å². The van der Waals surface area contributed by atoms with Crippen molar-refractivity contribution in [3.8, 4) is 0 Å². The minimum absolute atomic E-state index is 0.145. The monoisotopic (exact) mass is 474 g/mol. The lowest BCUT2D eigenvalue weighted by Crippen LogP contribution is -2.54. The summed E-state index contributed by atoms with van der Waals surface area (Å²) in [4.78, 5) is 29.0.